The van der Waals surface area contributed by atoms with Crippen molar-refractivity contribution in [2.24, 2.45) is 5.92 Å². The highest BCUT2D eigenvalue weighted by Crippen LogP contribution is 2.20. The molecular formula is C15H29NO3. The molecule has 19 heavy (non-hydrogen) atoms. The van der Waals surface area contributed by atoms with Crippen molar-refractivity contribution >= 4 is 5.91 Å². The molecule has 1 atom stereocenters. The zero-order valence-electron chi connectivity index (χ0n) is 12.4. The summed E-state index contributed by atoms with van der Waals surface area (Å²) in [6.45, 7) is 4.58. The summed E-state index contributed by atoms with van der Waals surface area (Å²) in [5, 5.41) is 12.7. The summed E-state index contributed by atoms with van der Waals surface area (Å²) < 4.78 is 5.60. The van der Waals surface area contributed by atoms with Gasteiger partial charge in [0, 0.05) is 6.54 Å². The Morgan fingerprint density at radius 3 is 2.47 bits per heavy atom. The Labute approximate surface area is 116 Å². The molecule has 1 amide bonds. The van der Waals surface area contributed by atoms with Crippen LogP contribution in [-0.2, 0) is 9.53 Å². The van der Waals surface area contributed by atoms with Crippen LogP contribution in [0.15, 0.2) is 0 Å². The van der Waals surface area contributed by atoms with Crippen LogP contribution >= 0.6 is 0 Å². The highest BCUT2D eigenvalue weighted by molar-refractivity contribution is 5.77. The minimum Gasteiger partial charge on any atom is -0.391 e. The number of rotatable bonds is 8. The van der Waals surface area contributed by atoms with Gasteiger partial charge >= 0.3 is 0 Å². The van der Waals surface area contributed by atoms with Gasteiger partial charge in [0.25, 0.3) is 0 Å². The Morgan fingerprint density at radius 1 is 1.26 bits per heavy atom. The Kier molecular flexibility index (Phi) is 8.07. The molecule has 4 heteroatoms. The summed E-state index contributed by atoms with van der Waals surface area (Å²) in [7, 11) is 0. The van der Waals surface area contributed by atoms with Gasteiger partial charge in [0.1, 0.15) is 6.61 Å². The lowest BCUT2D eigenvalue weighted by molar-refractivity contribution is -0.129. The van der Waals surface area contributed by atoms with Gasteiger partial charge in [-0.2, -0.15) is 0 Å². The zero-order valence-corrected chi connectivity index (χ0v) is 12.4. The molecule has 1 aliphatic rings. The summed E-state index contributed by atoms with van der Waals surface area (Å²) in [5.74, 6) is 0.148. The van der Waals surface area contributed by atoms with Crippen molar-refractivity contribution in [3.05, 3.63) is 0 Å². The van der Waals surface area contributed by atoms with E-state index in [-0.39, 0.29) is 24.5 Å². The normalized spacial score (nSPS) is 18.5. The second-order valence-electron chi connectivity index (χ2n) is 5.52. The lowest BCUT2D eigenvalue weighted by Gasteiger charge is -2.23. The summed E-state index contributed by atoms with van der Waals surface area (Å²) in [5.41, 5.74) is 0. The standard InChI is InChI=1S/C15H29NO3/c1-3-12(4-2)14(17)10-16-15(18)11-19-13-8-6-5-7-9-13/h12-14,17H,3-11H2,1-2H3,(H,16,18). The molecule has 0 bridgehead atoms. The molecule has 0 radical (unpaired) electrons. The molecule has 112 valence electrons. The number of amides is 1. The fourth-order valence-corrected chi connectivity index (χ4v) is 2.69. The predicted octanol–water partition coefficient (Wildman–Crippen LogP) is 2.25. The SMILES string of the molecule is CCC(CC)C(O)CNC(=O)COC1CCCCC1. The van der Waals surface area contributed by atoms with E-state index in [0.717, 1.165) is 25.7 Å². The average Bonchev–Trinajstić information content (AvgIpc) is 2.45. The molecule has 4 nitrogen and oxygen atoms in total. The van der Waals surface area contributed by atoms with Gasteiger partial charge in [-0.25, -0.2) is 0 Å². The molecule has 0 aliphatic heterocycles. The van der Waals surface area contributed by atoms with E-state index in [9.17, 15) is 9.90 Å². The zero-order chi connectivity index (χ0) is 14.1. The van der Waals surface area contributed by atoms with Crippen LogP contribution in [0.2, 0.25) is 0 Å². The van der Waals surface area contributed by atoms with Crippen molar-refractivity contribution < 1.29 is 14.6 Å². The van der Waals surface area contributed by atoms with Gasteiger partial charge in [0.15, 0.2) is 0 Å². The first-order valence-corrected chi connectivity index (χ1v) is 7.73. The first kappa shape index (κ1) is 16.4. The number of ether oxygens (including phenoxy) is 1. The molecule has 0 heterocycles. The summed E-state index contributed by atoms with van der Waals surface area (Å²) in [4.78, 5) is 11.6. The molecule has 2 N–H and O–H groups in total. The number of carbonyl (C=O) groups is 1. The molecule has 1 rings (SSSR count). The number of hydrogen-bond acceptors (Lipinski definition) is 3. The van der Waals surface area contributed by atoms with E-state index in [2.05, 4.69) is 19.2 Å². The van der Waals surface area contributed by atoms with E-state index in [1.165, 1.54) is 19.3 Å². The highest BCUT2D eigenvalue weighted by atomic mass is 16.5. The quantitative estimate of drug-likeness (QED) is 0.712. The maximum absolute atomic E-state index is 11.6. The van der Waals surface area contributed by atoms with Crippen LogP contribution in [0.25, 0.3) is 0 Å². The lowest BCUT2D eigenvalue weighted by atomic mass is 9.96. The first-order valence-electron chi connectivity index (χ1n) is 7.73. The second-order valence-corrected chi connectivity index (χ2v) is 5.52. The van der Waals surface area contributed by atoms with Gasteiger partial charge in [-0.05, 0) is 18.8 Å². The van der Waals surface area contributed by atoms with Gasteiger partial charge in [0.05, 0.1) is 12.2 Å². The minimum absolute atomic E-state index is 0.115. The van der Waals surface area contributed by atoms with Gasteiger partial charge in [-0.15, -0.1) is 0 Å². The highest BCUT2D eigenvalue weighted by Gasteiger charge is 2.18. The van der Waals surface area contributed by atoms with E-state index in [1.807, 2.05) is 0 Å². The molecular weight excluding hydrogens is 242 g/mol. The van der Waals surface area contributed by atoms with Gasteiger partial charge < -0.3 is 15.2 Å². The van der Waals surface area contributed by atoms with Crippen molar-refractivity contribution in [1.29, 1.82) is 0 Å². The predicted molar refractivity (Wildman–Crippen MR) is 75.9 cm³/mol. The molecule has 0 aromatic heterocycles. The van der Waals surface area contributed by atoms with E-state index in [1.54, 1.807) is 0 Å². The van der Waals surface area contributed by atoms with Gasteiger partial charge in [-0.3, -0.25) is 4.79 Å². The maximum atomic E-state index is 11.6. The fourth-order valence-electron chi connectivity index (χ4n) is 2.69. The van der Waals surface area contributed by atoms with Crippen LogP contribution in [-0.4, -0.2) is 36.4 Å². The number of aliphatic hydroxyl groups is 1. The van der Waals surface area contributed by atoms with Crippen LogP contribution in [0.1, 0.15) is 58.8 Å². The smallest absolute Gasteiger partial charge is 0.246 e. The fraction of sp³-hybridized carbons (Fsp3) is 0.933. The Balaban J connectivity index is 2.13. The number of carbonyl (C=O) groups excluding carboxylic acids is 1. The van der Waals surface area contributed by atoms with Crippen LogP contribution in [0.5, 0.6) is 0 Å². The molecule has 0 saturated heterocycles. The third-order valence-electron chi connectivity index (χ3n) is 4.10. The number of hydrogen-bond donors (Lipinski definition) is 2. The Hall–Kier alpha value is -0.610. The van der Waals surface area contributed by atoms with Crippen molar-refractivity contribution in [3.63, 3.8) is 0 Å². The van der Waals surface area contributed by atoms with E-state index in [4.69, 9.17) is 4.74 Å². The minimum atomic E-state index is -0.450. The average molecular weight is 271 g/mol. The molecule has 0 spiro atoms. The van der Waals surface area contributed by atoms with E-state index >= 15 is 0 Å². The second kappa shape index (κ2) is 9.32. The monoisotopic (exact) mass is 271 g/mol. The van der Waals surface area contributed by atoms with Gasteiger partial charge in [0.2, 0.25) is 5.91 Å². The molecule has 0 aromatic rings. The Bertz CT molecular complexity index is 248. The maximum Gasteiger partial charge on any atom is 0.246 e. The summed E-state index contributed by atoms with van der Waals surface area (Å²) >= 11 is 0. The van der Waals surface area contributed by atoms with Crippen molar-refractivity contribution in [1.82, 2.24) is 5.32 Å². The molecule has 1 unspecified atom stereocenters. The molecule has 0 aromatic carbocycles. The van der Waals surface area contributed by atoms with Crippen LogP contribution < -0.4 is 5.32 Å². The van der Waals surface area contributed by atoms with Crippen molar-refractivity contribution in [2.45, 2.75) is 71.0 Å². The van der Waals surface area contributed by atoms with Crippen LogP contribution in [0, 0.1) is 5.92 Å². The number of nitrogens with one attached hydrogen (secondary N) is 1. The topological polar surface area (TPSA) is 58.6 Å². The molecule has 1 aliphatic carbocycles. The van der Waals surface area contributed by atoms with E-state index < -0.39 is 6.10 Å². The Morgan fingerprint density at radius 2 is 1.89 bits per heavy atom. The van der Waals surface area contributed by atoms with Crippen LogP contribution in [0.3, 0.4) is 0 Å². The largest absolute Gasteiger partial charge is 0.391 e. The lowest BCUT2D eigenvalue weighted by Crippen LogP contribution is -2.38. The van der Waals surface area contributed by atoms with Crippen molar-refractivity contribution in [3.8, 4) is 0 Å². The first-order chi connectivity index (χ1) is 9.17. The molecule has 1 fully saturated rings. The summed E-state index contributed by atoms with van der Waals surface area (Å²) in [6, 6.07) is 0. The third-order valence-corrected chi connectivity index (χ3v) is 4.10. The van der Waals surface area contributed by atoms with Crippen LogP contribution in [0.4, 0.5) is 0 Å². The van der Waals surface area contributed by atoms with Gasteiger partial charge in [-0.1, -0.05) is 46.0 Å². The summed E-state index contributed by atoms with van der Waals surface area (Å²) in [6.07, 6.45) is 7.52. The third kappa shape index (κ3) is 6.39. The number of aliphatic hydroxyl groups excluding tert-OH is 1. The van der Waals surface area contributed by atoms with E-state index in [0.29, 0.717) is 6.54 Å². The van der Waals surface area contributed by atoms with Crippen molar-refractivity contribution in [2.75, 3.05) is 13.2 Å². The molecule has 1 saturated carbocycles.